The van der Waals surface area contributed by atoms with Crippen LogP contribution in [0.15, 0.2) is 16.0 Å². The largest absolute Gasteiger partial charge is 0.396 e. The molecule has 1 aromatic rings. The fraction of sp³-hybridized carbons (Fsp3) is 0.600. The van der Waals surface area contributed by atoms with E-state index in [0.717, 1.165) is 31.4 Å². The Balaban J connectivity index is 2.24. The molecule has 0 aliphatic heterocycles. The van der Waals surface area contributed by atoms with Crippen molar-refractivity contribution >= 4 is 17.6 Å². The van der Waals surface area contributed by atoms with Crippen LogP contribution in [0, 0.1) is 0 Å². The third-order valence-electron chi connectivity index (χ3n) is 2.03. The third-order valence-corrected chi connectivity index (χ3v) is 2.99. The zero-order chi connectivity index (χ0) is 11.8. The number of anilines is 1. The molecule has 0 saturated heterocycles. The highest BCUT2D eigenvalue weighted by atomic mass is 32.2. The molecule has 0 aliphatic rings. The van der Waals surface area contributed by atoms with Crippen molar-refractivity contribution in [2.45, 2.75) is 30.8 Å². The van der Waals surface area contributed by atoms with E-state index in [4.69, 9.17) is 10.8 Å². The van der Waals surface area contributed by atoms with Crippen molar-refractivity contribution in [3.05, 3.63) is 16.4 Å². The van der Waals surface area contributed by atoms with Crippen molar-refractivity contribution in [2.24, 2.45) is 0 Å². The number of aliphatic hydroxyl groups excluding tert-OH is 1. The van der Waals surface area contributed by atoms with E-state index in [0.29, 0.717) is 5.16 Å². The minimum absolute atomic E-state index is 0.213. The Hall–Kier alpha value is -1.01. The van der Waals surface area contributed by atoms with Crippen LogP contribution in [-0.2, 0) is 0 Å². The fourth-order valence-electron chi connectivity index (χ4n) is 1.26. The number of aromatic nitrogens is 2. The average Bonchev–Trinajstić information content (AvgIpc) is 2.22. The lowest BCUT2D eigenvalue weighted by Gasteiger charge is -2.01. The average molecular weight is 243 g/mol. The van der Waals surface area contributed by atoms with Crippen LogP contribution in [0.3, 0.4) is 0 Å². The zero-order valence-corrected chi connectivity index (χ0v) is 9.92. The van der Waals surface area contributed by atoms with Gasteiger partial charge in [0.2, 0.25) is 0 Å². The molecule has 90 valence electrons. The third kappa shape index (κ3) is 5.18. The number of unbranched alkanes of at least 4 members (excludes halogenated alkanes) is 3. The lowest BCUT2D eigenvalue weighted by atomic mass is 10.2. The number of nitrogens with zero attached hydrogens (tertiary/aromatic N) is 1. The van der Waals surface area contributed by atoms with E-state index < -0.39 is 0 Å². The monoisotopic (exact) mass is 243 g/mol. The van der Waals surface area contributed by atoms with Gasteiger partial charge >= 0.3 is 0 Å². The molecule has 0 bridgehead atoms. The summed E-state index contributed by atoms with van der Waals surface area (Å²) in [6.45, 7) is 0.261. The number of thioether (sulfide) groups is 1. The molecule has 0 fully saturated rings. The van der Waals surface area contributed by atoms with Gasteiger partial charge in [-0.15, -0.1) is 0 Å². The molecule has 6 heteroatoms. The Labute approximate surface area is 98.5 Å². The SMILES string of the molecule is Nc1cc(=O)[nH]c(SCCCCCCO)n1. The maximum Gasteiger partial charge on any atom is 0.253 e. The molecular weight excluding hydrogens is 226 g/mol. The van der Waals surface area contributed by atoms with Crippen molar-refractivity contribution in [2.75, 3.05) is 18.1 Å². The number of hydrogen-bond donors (Lipinski definition) is 3. The lowest BCUT2D eigenvalue weighted by molar-refractivity contribution is 0.283. The number of nitrogen functional groups attached to an aromatic ring is 1. The minimum atomic E-state index is -0.213. The molecule has 5 nitrogen and oxygen atoms in total. The van der Waals surface area contributed by atoms with E-state index in [2.05, 4.69) is 9.97 Å². The maximum absolute atomic E-state index is 11.1. The van der Waals surface area contributed by atoms with Crippen LogP contribution in [-0.4, -0.2) is 27.4 Å². The zero-order valence-electron chi connectivity index (χ0n) is 9.11. The Bertz CT molecular complexity index is 367. The molecule has 0 atom stereocenters. The van der Waals surface area contributed by atoms with Crippen LogP contribution < -0.4 is 11.3 Å². The molecule has 1 aromatic heterocycles. The van der Waals surface area contributed by atoms with Gasteiger partial charge in [-0.3, -0.25) is 4.79 Å². The van der Waals surface area contributed by atoms with E-state index in [1.807, 2.05) is 0 Å². The summed E-state index contributed by atoms with van der Waals surface area (Å²) in [5, 5.41) is 9.17. The number of aliphatic hydroxyl groups is 1. The van der Waals surface area contributed by atoms with Gasteiger partial charge in [-0.05, 0) is 12.8 Å². The summed E-state index contributed by atoms with van der Waals surface area (Å²) >= 11 is 1.50. The highest BCUT2D eigenvalue weighted by Gasteiger charge is 1.99. The number of H-pyrrole nitrogens is 1. The fourth-order valence-corrected chi connectivity index (χ4v) is 2.14. The number of nitrogens with two attached hydrogens (primary N) is 1. The van der Waals surface area contributed by atoms with Crippen molar-refractivity contribution in [3.8, 4) is 0 Å². The highest BCUT2D eigenvalue weighted by molar-refractivity contribution is 7.99. The van der Waals surface area contributed by atoms with Crippen LogP contribution in [0.4, 0.5) is 5.82 Å². The van der Waals surface area contributed by atoms with Gasteiger partial charge < -0.3 is 15.8 Å². The predicted octanol–water partition coefficient (Wildman–Crippen LogP) is 0.997. The second-order valence-electron chi connectivity index (χ2n) is 3.46. The van der Waals surface area contributed by atoms with Gasteiger partial charge in [0.1, 0.15) is 5.82 Å². The summed E-state index contributed by atoms with van der Waals surface area (Å²) in [4.78, 5) is 17.7. The molecule has 0 aromatic carbocycles. The second kappa shape index (κ2) is 7.29. The molecule has 0 radical (unpaired) electrons. The van der Waals surface area contributed by atoms with Crippen LogP contribution >= 0.6 is 11.8 Å². The van der Waals surface area contributed by atoms with E-state index in [9.17, 15) is 4.79 Å². The first-order chi connectivity index (χ1) is 7.72. The summed E-state index contributed by atoms with van der Waals surface area (Å²) in [5.74, 6) is 1.16. The molecule has 0 unspecified atom stereocenters. The second-order valence-corrected chi connectivity index (χ2v) is 4.55. The lowest BCUT2D eigenvalue weighted by Crippen LogP contribution is -2.09. The van der Waals surface area contributed by atoms with Gasteiger partial charge in [0.25, 0.3) is 5.56 Å². The van der Waals surface area contributed by atoms with Gasteiger partial charge in [0, 0.05) is 18.4 Å². The topological polar surface area (TPSA) is 92.0 Å². The van der Waals surface area contributed by atoms with Gasteiger partial charge in [0.05, 0.1) is 0 Å². The maximum atomic E-state index is 11.1. The Kier molecular flexibility index (Phi) is 5.95. The van der Waals surface area contributed by atoms with E-state index >= 15 is 0 Å². The van der Waals surface area contributed by atoms with Gasteiger partial charge in [-0.1, -0.05) is 24.6 Å². The molecule has 16 heavy (non-hydrogen) atoms. The standard InChI is InChI=1S/C10H17N3O2S/c11-8-7-9(15)13-10(12-8)16-6-4-2-1-3-5-14/h7,14H,1-6H2,(H3,11,12,13,15). The molecule has 0 saturated carbocycles. The first kappa shape index (κ1) is 13.1. The van der Waals surface area contributed by atoms with Crippen molar-refractivity contribution < 1.29 is 5.11 Å². The van der Waals surface area contributed by atoms with Crippen molar-refractivity contribution in [1.29, 1.82) is 0 Å². The molecule has 1 heterocycles. The predicted molar refractivity (Wildman–Crippen MR) is 65.5 cm³/mol. The first-order valence-electron chi connectivity index (χ1n) is 5.33. The van der Waals surface area contributed by atoms with E-state index in [1.54, 1.807) is 0 Å². The van der Waals surface area contributed by atoms with Crippen LogP contribution in [0.2, 0.25) is 0 Å². The van der Waals surface area contributed by atoms with Gasteiger partial charge in [0.15, 0.2) is 5.16 Å². The van der Waals surface area contributed by atoms with Crippen molar-refractivity contribution in [1.82, 2.24) is 9.97 Å². The number of hydrogen-bond acceptors (Lipinski definition) is 5. The Morgan fingerprint density at radius 1 is 1.38 bits per heavy atom. The highest BCUT2D eigenvalue weighted by Crippen LogP contribution is 2.14. The summed E-state index contributed by atoms with van der Waals surface area (Å²) in [6.07, 6.45) is 4.03. The Morgan fingerprint density at radius 2 is 2.12 bits per heavy atom. The normalized spacial score (nSPS) is 10.6. The summed E-state index contributed by atoms with van der Waals surface area (Å²) < 4.78 is 0. The van der Waals surface area contributed by atoms with Crippen LogP contribution in [0.25, 0.3) is 0 Å². The molecular formula is C10H17N3O2S. The Morgan fingerprint density at radius 3 is 2.81 bits per heavy atom. The summed E-state index contributed by atoms with van der Waals surface area (Å²) in [5.41, 5.74) is 5.24. The summed E-state index contributed by atoms with van der Waals surface area (Å²) in [6, 6.07) is 1.27. The molecule has 0 amide bonds. The van der Waals surface area contributed by atoms with E-state index in [-0.39, 0.29) is 18.0 Å². The number of nitrogens with one attached hydrogen (secondary N) is 1. The van der Waals surface area contributed by atoms with Crippen molar-refractivity contribution in [3.63, 3.8) is 0 Å². The quantitative estimate of drug-likeness (QED) is 0.377. The first-order valence-corrected chi connectivity index (χ1v) is 6.31. The van der Waals surface area contributed by atoms with Crippen LogP contribution in [0.5, 0.6) is 0 Å². The van der Waals surface area contributed by atoms with Gasteiger partial charge in [-0.25, -0.2) is 4.98 Å². The molecule has 1 rings (SSSR count). The van der Waals surface area contributed by atoms with Gasteiger partial charge in [-0.2, -0.15) is 0 Å². The molecule has 0 aliphatic carbocycles. The minimum Gasteiger partial charge on any atom is -0.396 e. The smallest absolute Gasteiger partial charge is 0.253 e. The molecule has 0 spiro atoms. The van der Waals surface area contributed by atoms with E-state index in [1.165, 1.54) is 17.8 Å². The number of rotatable bonds is 7. The van der Waals surface area contributed by atoms with Crippen LogP contribution in [0.1, 0.15) is 25.7 Å². The molecule has 4 N–H and O–H groups in total. The number of aromatic amines is 1. The summed E-state index contributed by atoms with van der Waals surface area (Å²) in [7, 11) is 0.